The Morgan fingerprint density at radius 2 is 1.81 bits per heavy atom. The van der Waals surface area contributed by atoms with Gasteiger partial charge in [-0.25, -0.2) is 4.79 Å². The molecule has 1 saturated heterocycles. The van der Waals surface area contributed by atoms with Gasteiger partial charge in [0.1, 0.15) is 5.03 Å². The number of nitrogens with zero attached hydrogens (tertiary/aromatic N) is 3. The number of H-pyrrole nitrogens is 1. The van der Waals surface area contributed by atoms with Gasteiger partial charge in [0.05, 0.1) is 5.75 Å². The standard InChI is InChI=1S/C20H24N4O2S/c25-18(24-12-10-23(11-13-24)15-6-2-1-3-7-15)14-27-19-16-8-4-5-9-17(16)21-20(26)22-19/h1-3,6-7H,4-5,8-14H2,(H,21,22,26). The van der Waals surface area contributed by atoms with Crippen molar-refractivity contribution in [2.24, 2.45) is 0 Å². The Morgan fingerprint density at radius 1 is 1.07 bits per heavy atom. The van der Waals surface area contributed by atoms with E-state index in [-0.39, 0.29) is 11.6 Å². The van der Waals surface area contributed by atoms with Gasteiger partial charge in [0, 0.05) is 43.1 Å². The molecule has 7 heteroatoms. The van der Waals surface area contributed by atoms with E-state index in [1.807, 2.05) is 23.1 Å². The maximum Gasteiger partial charge on any atom is 0.346 e. The Kier molecular flexibility index (Phi) is 5.48. The summed E-state index contributed by atoms with van der Waals surface area (Å²) in [5.74, 6) is 0.466. The fourth-order valence-electron chi connectivity index (χ4n) is 3.79. The average molecular weight is 385 g/mol. The topological polar surface area (TPSA) is 69.3 Å². The Morgan fingerprint density at radius 3 is 2.59 bits per heavy atom. The van der Waals surface area contributed by atoms with Crippen molar-refractivity contribution in [3.05, 3.63) is 52.1 Å². The molecule has 1 aromatic heterocycles. The van der Waals surface area contributed by atoms with Crippen molar-refractivity contribution in [2.45, 2.75) is 30.7 Å². The van der Waals surface area contributed by atoms with E-state index in [1.54, 1.807) is 0 Å². The van der Waals surface area contributed by atoms with Crippen molar-refractivity contribution >= 4 is 23.4 Å². The highest BCUT2D eigenvalue weighted by atomic mass is 32.2. The van der Waals surface area contributed by atoms with Crippen molar-refractivity contribution in [3.8, 4) is 0 Å². The number of benzene rings is 1. The number of aromatic nitrogens is 2. The van der Waals surface area contributed by atoms with E-state index in [0.29, 0.717) is 5.75 Å². The summed E-state index contributed by atoms with van der Waals surface area (Å²) in [4.78, 5) is 35.7. The van der Waals surface area contributed by atoms with Crippen molar-refractivity contribution < 1.29 is 4.79 Å². The number of carbonyl (C=O) groups excluding carboxylic acids is 1. The number of piperazine rings is 1. The number of hydrogen-bond donors (Lipinski definition) is 1. The summed E-state index contributed by atoms with van der Waals surface area (Å²) < 4.78 is 0. The van der Waals surface area contributed by atoms with Gasteiger partial charge in [-0.05, 0) is 37.8 Å². The van der Waals surface area contributed by atoms with Gasteiger partial charge in [0.25, 0.3) is 0 Å². The molecule has 0 saturated carbocycles. The highest BCUT2D eigenvalue weighted by Crippen LogP contribution is 2.27. The number of rotatable bonds is 4. The van der Waals surface area contributed by atoms with Gasteiger partial charge in [0.15, 0.2) is 0 Å². The van der Waals surface area contributed by atoms with Crippen LogP contribution in [0.1, 0.15) is 24.1 Å². The summed E-state index contributed by atoms with van der Waals surface area (Å²) in [5.41, 5.74) is 3.04. The van der Waals surface area contributed by atoms with Crippen LogP contribution < -0.4 is 10.6 Å². The highest BCUT2D eigenvalue weighted by Gasteiger charge is 2.23. The third-order valence-corrected chi connectivity index (χ3v) is 6.28. The lowest BCUT2D eigenvalue weighted by Gasteiger charge is -2.36. The fraction of sp³-hybridized carbons (Fsp3) is 0.450. The number of nitrogens with one attached hydrogen (secondary N) is 1. The van der Waals surface area contributed by atoms with Gasteiger partial charge < -0.3 is 14.8 Å². The van der Waals surface area contributed by atoms with E-state index in [2.05, 4.69) is 27.0 Å². The maximum absolute atomic E-state index is 12.6. The second-order valence-corrected chi connectivity index (χ2v) is 7.97. The molecule has 1 amide bonds. The number of fused-ring (bicyclic) bond motifs is 1. The van der Waals surface area contributed by atoms with Crippen LogP contribution in [0.25, 0.3) is 0 Å². The van der Waals surface area contributed by atoms with E-state index in [1.165, 1.54) is 17.4 Å². The van der Waals surface area contributed by atoms with Gasteiger partial charge in [-0.15, -0.1) is 0 Å². The molecule has 0 unspecified atom stereocenters. The van der Waals surface area contributed by atoms with Crippen LogP contribution in [0.4, 0.5) is 5.69 Å². The largest absolute Gasteiger partial charge is 0.368 e. The van der Waals surface area contributed by atoms with Crippen LogP contribution in [0.3, 0.4) is 0 Å². The number of aromatic amines is 1. The zero-order valence-electron chi connectivity index (χ0n) is 15.3. The number of thioether (sulfide) groups is 1. The Labute approximate surface area is 163 Å². The number of para-hydroxylation sites is 1. The van der Waals surface area contributed by atoms with Crippen LogP contribution in [0, 0.1) is 0 Å². The highest BCUT2D eigenvalue weighted by molar-refractivity contribution is 7.99. The summed E-state index contributed by atoms with van der Waals surface area (Å²) in [5, 5.41) is 0.740. The van der Waals surface area contributed by atoms with Crippen molar-refractivity contribution in [1.82, 2.24) is 14.9 Å². The predicted molar refractivity (Wildman–Crippen MR) is 107 cm³/mol. The third kappa shape index (κ3) is 4.18. The quantitative estimate of drug-likeness (QED) is 0.646. The van der Waals surface area contributed by atoms with Gasteiger partial charge in [-0.1, -0.05) is 30.0 Å². The van der Waals surface area contributed by atoms with Gasteiger partial charge in [-0.2, -0.15) is 4.98 Å². The molecule has 0 radical (unpaired) electrons. The molecule has 1 fully saturated rings. The Balaban J connectivity index is 1.34. The lowest BCUT2D eigenvalue weighted by molar-refractivity contribution is -0.128. The summed E-state index contributed by atoms with van der Waals surface area (Å²) >= 11 is 1.41. The molecule has 1 aliphatic heterocycles. The van der Waals surface area contributed by atoms with Crippen LogP contribution in [0.5, 0.6) is 0 Å². The second-order valence-electron chi connectivity index (χ2n) is 7.00. The van der Waals surface area contributed by atoms with E-state index in [4.69, 9.17) is 0 Å². The van der Waals surface area contributed by atoms with Crippen LogP contribution in [0.15, 0.2) is 40.2 Å². The normalized spacial score (nSPS) is 16.9. The number of hydrogen-bond acceptors (Lipinski definition) is 5. The molecule has 2 heterocycles. The fourth-order valence-corrected chi connectivity index (χ4v) is 4.78. The molecule has 1 aromatic carbocycles. The first-order valence-corrected chi connectivity index (χ1v) is 10.5. The first-order valence-electron chi connectivity index (χ1n) is 9.53. The number of anilines is 1. The molecule has 0 atom stereocenters. The van der Waals surface area contributed by atoms with Crippen molar-refractivity contribution in [1.29, 1.82) is 0 Å². The first kappa shape index (κ1) is 18.1. The monoisotopic (exact) mass is 384 g/mol. The van der Waals surface area contributed by atoms with Crippen LogP contribution >= 0.6 is 11.8 Å². The minimum atomic E-state index is -0.304. The summed E-state index contributed by atoms with van der Waals surface area (Å²) in [7, 11) is 0. The lowest BCUT2D eigenvalue weighted by atomic mass is 9.98. The number of carbonyl (C=O) groups is 1. The molecule has 27 heavy (non-hydrogen) atoms. The van der Waals surface area contributed by atoms with Gasteiger partial charge >= 0.3 is 5.69 Å². The molecule has 2 aromatic rings. The first-order chi connectivity index (χ1) is 13.2. The molecular weight excluding hydrogens is 360 g/mol. The molecule has 1 aliphatic carbocycles. The molecule has 6 nitrogen and oxygen atoms in total. The minimum absolute atomic E-state index is 0.124. The van der Waals surface area contributed by atoms with Crippen molar-refractivity contribution in [2.75, 3.05) is 36.8 Å². The Bertz CT molecular complexity index is 860. The average Bonchev–Trinajstić information content (AvgIpc) is 2.72. The molecule has 1 N–H and O–H groups in total. The zero-order valence-corrected chi connectivity index (χ0v) is 16.1. The van der Waals surface area contributed by atoms with Gasteiger partial charge in [-0.3, -0.25) is 4.79 Å². The summed E-state index contributed by atoms with van der Waals surface area (Å²) in [6, 6.07) is 10.3. The van der Waals surface area contributed by atoms with Crippen LogP contribution in [-0.2, 0) is 17.6 Å². The molecule has 142 valence electrons. The van der Waals surface area contributed by atoms with E-state index in [9.17, 15) is 9.59 Å². The Hall–Kier alpha value is -2.28. The molecule has 0 bridgehead atoms. The maximum atomic E-state index is 12.6. The van der Waals surface area contributed by atoms with Gasteiger partial charge in [0.2, 0.25) is 5.91 Å². The van der Waals surface area contributed by atoms with E-state index in [0.717, 1.165) is 68.1 Å². The van der Waals surface area contributed by atoms with E-state index < -0.39 is 0 Å². The zero-order chi connectivity index (χ0) is 18.6. The smallest absolute Gasteiger partial charge is 0.346 e. The van der Waals surface area contributed by atoms with E-state index >= 15 is 0 Å². The summed E-state index contributed by atoms with van der Waals surface area (Å²) in [6.45, 7) is 3.16. The summed E-state index contributed by atoms with van der Waals surface area (Å²) in [6.07, 6.45) is 4.05. The van der Waals surface area contributed by atoms with Crippen LogP contribution in [0.2, 0.25) is 0 Å². The SMILES string of the molecule is O=C(CSc1nc(=O)[nH]c2c1CCCC2)N1CCN(c2ccccc2)CC1. The number of amides is 1. The second kappa shape index (κ2) is 8.17. The predicted octanol–water partition coefficient (Wildman–Crippen LogP) is 2.09. The third-order valence-electron chi connectivity index (χ3n) is 5.27. The molecule has 2 aliphatic rings. The number of aryl methyl sites for hydroxylation is 1. The van der Waals surface area contributed by atoms with Crippen molar-refractivity contribution in [3.63, 3.8) is 0 Å². The molecule has 0 spiro atoms. The van der Waals surface area contributed by atoms with Crippen LogP contribution in [-0.4, -0.2) is 52.7 Å². The minimum Gasteiger partial charge on any atom is -0.368 e. The molecule has 4 rings (SSSR count). The lowest BCUT2D eigenvalue weighted by Crippen LogP contribution is -2.49. The molecular formula is C20H24N4O2S.